The Morgan fingerprint density at radius 3 is 2.90 bits per heavy atom. The van der Waals surface area contributed by atoms with Gasteiger partial charge in [-0.05, 0) is 48.2 Å². The molecule has 0 unspecified atom stereocenters. The molecule has 4 aromatic rings. The molecule has 1 saturated heterocycles. The van der Waals surface area contributed by atoms with E-state index in [1.54, 1.807) is 36.9 Å². The van der Waals surface area contributed by atoms with Crippen molar-refractivity contribution in [3.63, 3.8) is 0 Å². The second kappa shape index (κ2) is 11.0. The maximum absolute atomic E-state index is 13.5. The minimum absolute atomic E-state index is 0.175. The zero-order chi connectivity index (χ0) is 27.6. The number of carbonyl (C=O) groups is 2. The van der Waals surface area contributed by atoms with Crippen molar-refractivity contribution >= 4 is 39.2 Å². The largest absolute Gasteiger partial charge is 0.496 e. The van der Waals surface area contributed by atoms with Crippen LogP contribution in [0.1, 0.15) is 27.9 Å². The second-order valence-corrected chi connectivity index (χ2v) is 10.7. The molecule has 0 radical (unpaired) electrons. The summed E-state index contributed by atoms with van der Waals surface area (Å²) in [7, 11) is 1.58. The Hall–Kier alpha value is -4.38. The number of ether oxygens (including phenoxy) is 3. The molecule has 2 aromatic heterocycles. The number of hydrogen-bond acceptors (Lipinski definition) is 9. The van der Waals surface area contributed by atoms with Crippen LogP contribution in [0.5, 0.6) is 17.2 Å². The van der Waals surface area contributed by atoms with E-state index in [1.165, 1.54) is 0 Å². The van der Waals surface area contributed by atoms with Crippen molar-refractivity contribution in [3.8, 4) is 17.2 Å². The number of anilines is 1. The predicted octanol–water partition coefficient (Wildman–Crippen LogP) is 3.47. The SMILES string of the molecule is COc1cc2ccc1CNC(=O)COc1cc(ccc1C)C(=O)N[C@H]1CN(c3ncnc4ccsc34)CC[C@H]1O2. The lowest BCUT2D eigenvalue weighted by atomic mass is 10.0. The zero-order valence-corrected chi connectivity index (χ0v) is 23.0. The molecule has 2 amide bonds. The Bertz CT molecular complexity index is 1570. The molecule has 0 spiro atoms. The number of rotatable bonds is 2. The van der Waals surface area contributed by atoms with Crippen LogP contribution in [-0.4, -0.2) is 60.7 Å². The van der Waals surface area contributed by atoms with E-state index >= 15 is 0 Å². The fourth-order valence-electron chi connectivity index (χ4n) is 5.06. The van der Waals surface area contributed by atoms with E-state index in [1.807, 2.05) is 42.6 Å². The fraction of sp³-hybridized carbons (Fsp3) is 0.310. The van der Waals surface area contributed by atoms with Gasteiger partial charge in [-0.15, -0.1) is 11.3 Å². The number of carbonyl (C=O) groups excluding carboxylic acids is 2. The summed E-state index contributed by atoms with van der Waals surface area (Å²) in [6.07, 6.45) is 1.94. The van der Waals surface area contributed by atoms with Gasteiger partial charge < -0.3 is 29.7 Å². The van der Waals surface area contributed by atoms with Crippen molar-refractivity contribution in [1.82, 2.24) is 20.6 Å². The molecule has 1 fully saturated rings. The summed E-state index contributed by atoms with van der Waals surface area (Å²) >= 11 is 1.60. The molecule has 3 aliphatic heterocycles. The normalized spacial score (nSPS) is 19.6. The molecule has 206 valence electrons. The van der Waals surface area contributed by atoms with Crippen LogP contribution >= 0.6 is 11.3 Å². The van der Waals surface area contributed by atoms with Crippen LogP contribution < -0.4 is 29.7 Å². The number of nitrogens with zero attached hydrogens (tertiary/aromatic N) is 3. The van der Waals surface area contributed by atoms with Crippen LogP contribution in [0.2, 0.25) is 0 Å². The molecule has 7 rings (SSSR count). The van der Waals surface area contributed by atoms with Gasteiger partial charge in [0.05, 0.1) is 23.4 Å². The molecule has 0 saturated carbocycles. The van der Waals surface area contributed by atoms with Gasteiger partial charge in [0.1, 0.15) is 35.5 Å². The van der Waals surface area contributed by atoms with Gasteiger partial charge in [-0.1, -0.05) is 6.07 Å². The highest BCUT2D eigenvalue weighted by molar-refractivity contribution is 7.17. The van der Waals surface area contributed by atoms with Crippen LogP contribution in [0.3, 0.4) is 0 Å². The molecule has 2 atom stereocenters. The van der Waals surface area contributed by atoms with E-state index in [4.69, 9.17) is 14.2 Å². The van der Waals surface area contributed by atoms with E-state index in [0.717, 1.165) is 27.2 Å². The highest BCUT2D eigenvalue weighted by Crippen LogP contribution is 2.32. The Morgan fingerprint density at radius 1 is 1.12 bits per heavy atom. The molecule has 0 aliphatic carbocycles. The summed E-state index contributed by atoms with van der Waals surface area (Å²) in [5.41, 5.74) is 2.98. The number of aromatic nitrogens is 2. The fourth-order valence-corrected chi connectivity index (χ4v) is 5.92. The molecule has 2 N–H and O–H groups in total. The number of fused-ring (bicyclic) bond motifs is 8. The number of amides is 2. The van der Waals surface area contributed by atoms with Crippen molar-refractivity contribution in [2.45, 2.75) is 32.0 Å². The predicted molar refractivity (Wildman–Crippen MR) is 151 cm³/mol. The summed E-state index contributed by atoms with van der Waals surface area (Å²) in [4.78, 5) is 37.2. The number of benzene rings is 2. The molecule has 4 bridgehead atoms. The molecule has 3 aliphatic rings. The van der Waals surface area contributed by atoms with E-state index in [0.29, 0.717) is 42.3 Å². The van der Waals surface area contributed by atoms with Crippen LogP contribution in [0.15, 0.2) is 54.2 Å². The van der Waals surface area contributed by atoms with Crippen molar-refractivity contribution < 1.29 is 23.8 Å². The minimum atomic E-state index is -0.346. The summed E-state index contributed by atoms with van der Waals surface area (Å²) in [6.45, 7) is 3.18. The quantitative estimate of drug-likeness (QED) is 0.384. The Kier molecular flexibility index (Phi) is 7.12. The van der Waals surface area contributed by atoms with E-state index in [9.17, 15) is 9.59 Å². The Labute approximate surface area is 235 Å². The summed E-state index contributed by atoms with van der Waals surface area (Å²) in [6, 6.07) is 12.4. The number of nitrogens with one attached hydrogen (secondary N) is 2. The number of hydrogen-bond donors (Lipinski definition) is 2. The summed E-state index contributed by atoms with van der Waals surface area (Å²) < 4.78 is 18.9. The Balaban J connectivity index is 1.35. The van der Waals surface area contributed by atoms with Crippen molar-refractivity contribution in [1.29, 1.82) is 0 Å². The number of thiophene rings is 1. The first kappa shape index (κ1) is 25.9. The number of aryl methyl sites for hydroxylation is 1. The number of methoxy groups -OCH3 is 1. The smallest absolute Gasteiger partial charge is 0.258 e. The third-order valence-electron chi connectivity index (χ3n) is 7.22. The third-order valence-corrected chi connectivity index (χ3v) is 8.12. The molecular formula is C29H29N5O5S. The minimum Gasteiger partial charge on any atom is -0.496 e. The van der Waals surface area contributed by atoms with Gasteiger partial charge in [0.25, 0.3) is 11.8 Å². The maximum atomic E-state index is 13.5. The van der Waals surface area contributed by atoms with Crippen LogP contribution in [0.4, 0.5) is 5.82 Å². The van der Waals surface area contributed by atoms with Gasteiger partial charge in [-0.25, -0.2) is 9.97 Å². The molecule has 10 nitrogen and oxygen atoms in total. The van der Waals surface area contributed by atoms with E-state index in [-0.39, 0.29) is 37.1 Å². The highest BCUT2D eigenvalue weighted by Gasteiger charge is 2.34. The average Bonchev–Trinajstić information content (AvgIpc) is 3.45. The van der Waals surface area contributed by atoms with Gasteiger partial charge in [0.2, 0.25) is 0 Å². The molecule has 5 heterocycles. The lowest BCUT2D eigenvalue weighted by Gasteiger charge is -2.39. The lowest BCUT2D eigenvalue weighted by molar-refractivity contribution is -0.123. The first-order chi connectivity index (χ1) is 19.5. The second-order valence-electron chi connectivity index (χ2n) is 9.82. The van der Waals surface area contributed by atoms with E-state index in [2.05, 4.69) is 25.5 Å². The monoisotopic (exact) mass is 559 g/mol. The van der Waals surface area contributed by atoms with Crippen molar-refractivity contribution in [2.24, 2.45) is 0 Å². The third kappa shape index (κ3) is 5.24. The first-order valence-electron chi connectivity index (χ1n) is 13.1. The summed E-state index contributed by atoms with van der Waals surface area (Å²) in [5.74, 6) is 2.02. The van der Waals surface area contributed by atoms with Crippen molar-refractivity contribution in [3.05, 3.63) is 70.9 Å². The van der Waals surface area contributed by atoms with Gasteiger partial charge in [0.15, 0.2) is 6.61 Å². The molecule has 40 heavy (non-hydrogen) atoms. The van der Waals surface area contributed by atoms with Gasteiger partial charge in [-0.3, -0.25) is 9.59 Å². The van der Waals surface area contributed by atoms with Crippen molar-refractivity contribution in [2.75, 3.05) is 31.7 Å². The zero-order valence-electron chi connectivity index (χ0n) is 22.2. The van der Waals surface area contributed by atoms with Crippen LogP contribution in [0, 0.1) is 6.92 Å². The number of piperidine rings is 1. The van der Waals surface area contributed by atoms with Crippen LogP contribution in [0.25, 0.3) is 10.2 Å². The van der Waals surface area contributed by atoms with E-state index < -0.39 is 0 Å². The van der Waals surface area contributed by atoms with Gasteiger partial charge in [-0.2, -0.15) is 0 Å². The first-order valence-corrected chi connectivity index (χ1v) is 13.9. The standard InChI is InChI=1S/C29H29N5O5S/c1-17-3-4-18-11-24(17)38-15-26(35)30-13-19-5-6-20(12-25(19)37-2)39-23-7-9-34(14-22(23)33-29(18)36)28-27-21(8-10-40-27)31-16-32-28/h3-6,8,10-12,16,22-23H,7,9,13-15H2,1-2H3,(H,30,35)(H,33,36)/t22-,23+/m0/s1. The van der Waals surface area contributed by atoms with Gasteiger partial charge in [0, 0.05) is 43.2 Å². The summed E-state index contributed by atoms with van der Waals surface area (Å²) in [5, 5.41) is 8.07. The average molecular weight is 560 g/mol. The van der Waals surface area contributed by atoms with Crippen LogP contribution in [-0.2, 0) is 11.3 Å². The molecule has 11 heteroatoms. The molecular weight excluding hydrogens is 530 g/mol. The topological polar surface area (TPSA) is 115 Å². The Morgan fingerprint density at radius 2 is 2.02 bits per heavy atom. The lowest BCUT2D eigenvalue weighted by Crippen LogP contribution is -2.57. The maximum Gasteiger partial charge on any atom is 0.258 e. The van der Waals surface area contributed by atoms with Gasteiger partial charge >= 0.3 is 0 Å². The molecule has 2 aromatic carbocycles. The highest BCUT2D eigenvalue weighted by atomic mass is 32.1.